The topological polar surface area (TPSA) is 64.6 Å². The van der Waals surface area contributed by atoms with Gasteiger partial charge in [-0.3, -0.25) is 14.9 Å². The SMILES string of the molecule is CCOc1cc(/C=C2\SC(=O)NC2=O)ccc1OCC1(C)CCCCC1. The number of amides is 2. The van der Waals surface area contributed by atoms with Gasteiger partial charge in [-0.25, -0.2) is 0 Å². The molecule has 0 bridgehead atoms. The fraction of sp³-hybridized carbons (Fsp3) is 0.500. The van der Waals surface area contributed by atoms with Gasteiger partial charge < -0.3 is 9.47 Å². The number of thioether (sulfide) groups is 1. The zero-order valence-electron chi connectivity index (χ0n) is 15.3. The molecule has 6 heteroatoms. The Balaban J connectivity index is 1.75. The van der Waals surface area contributed by atoms with Crippen molar-refractivity contribution in [1.82, 2.24) is 5.32 Å². The van der Waals surface area contributed by atoms with Crippen molar-refractivity contribution in [2.75, 3.05) is 13.2 Å². The molecule has 1 heterocycles. The van der Waals surface area contributed by atoms with Crippen molar-refractivity contribution in [3.63, 3.8) is 0 Å². The molecule has 26 heavy (non-hydrogen) atoms. The van der Waals surface area contributed by atoms with Crippen LogP contribution in [-0.4, -0.2) is 24.4 Å². The smallest absolute Gasteiger partial charge is 0.290 e. The number of hydrogen-bond acceptors (Lipinski definition) is 5. The van der Waals surface area contributed by atoms with Gasteiger partial charge in [-0.15, -0.1) is 0 Å². The molecule has 1 aromatic rings. The van der Waals surface area contributed by atoms with Crippen LogP contribution in [0.3, 0.4) is 0 Å². The molecule has 1 N–H and O–H groups in total. The summed E-state index contributed by atoms with van der Waals surface area (Å²) in [5.41, 5.74) is 1.03. The van der Waals surface area contributed by atoms with Crippen molar-refractivity contribution < 1.29 is 19.1 Å². The second-order valence-electron chi connectivity index (χ2n) is 7.15. The van der Waals surface area contributed by atoms with Crippen LogP contribution in [0.5, 0.6) is 11.5 Å². The summed E-state index contributed by atoms with van der Waals surface area (Å²) in [6.07, 6.45) is 7.94. The fourth-order valence-corrected chi connectivity index (χ4v) is 4.06. The van der Waals surface area contributed by atoms with E-state index in [0.717, 1.165) is 23.1 Å². The van der Waals surface area contributed by atoms with Gasteiger partial charge in [0, 0.05) is 5.41 Å². The monoisotopic (exact) mass is 375 g/mol. The van der Waals surface area contributed by atoms with Crippen LogP contribution in [0.1, 0.15) is 51.5 Å². The highest BCUT2D eigenvalue weighted by atomic mass is 32.2. The molecule has 1 saturated heterocycles. The van der Waals surface area contributed by atoms with E-state index in [1.165, 1.54) is 32.1 Å². The third kappa shape index (κ3) is 4.61. The molecule has 0 atom stereocenters. The van der Waals surface area contributed by atoms with Gasteiger partial charge in [-0.1, -0.05) is 32.3 Å². The summed E-state index contributed by atoms with van der Waals surface area (Å²) >= 11 is 0.910. The summed E-state index contributed by atoms with van der Waals surface area (Å²) in [6, 6.07) is 5.61. The molecule has 2 fully saturated rings. The lowest BCUT2D eigenvalue weighted by Gasteiger charge is -2.33. The fourth-order valence-electron chi connectivity index (χ4n) is 3.38. The van der Waals surface area contributed by atoms with E-state index in [0.29, 0.717) is 23.9 Å². The van der Waals surface area contributed by atoms with Gasteiger partial charge in [-0.2, -0.15) is 0 Å². The highest BCUT2D eigenvalue weighted by Gasteiger charge is 2.28. The van der Waals surface area contributed by atoms with Crippen LogP contribution in [0, 0.1) is 5.41 Å². The molecule has 1 aromatic carbocycles. The van der Waals surface area contributed by atoms with Gasteiger partial charge in [-0.05, 0) is 55.3 Å². The third-order valence-electron chi connectivity index (χ3n) is 4.84. The molecule has 1 aliphatic carbocycles. The Labute approximate surface area is 158 Å². The molecule has 0 unspecified atom stereocenters. The lowest BCUT2D eigenvalue weighted by molar-refractivity contribution is -0.115. The Morgan fingerprint density at radius 3 is 2.58 bits per heavy atom. The van der Waals surface area contributed by atoms with Crippen LogP contribution < -0.4 is 14.8 Å². The Bertz CT molecular complexity index is 723. The van der Waals surface area contributed by atoms with Crippen molar-refractivity contribution in [2.24, 2.45) is 5.41 Å². The van der Waals surface area contributed by atoms with E-state index in [9.17, 15) is 9.59 Å². The minimum atomic E-state index is -0.358. The summed E-state index contributed by atoms with van der Waals surface area (Å²) in [6.45, 7) is 5.43. The van der Waals surface area contributed by atoms with Crippen molar-refractivity contribution in [2.45, 2.75) is 46.0 Å². The quantitative estimate of drug-likeness (QED) is 0.726. The molecule has 2 amide bonds. The minimum absolute atomic E-state index is 0.224. The number of carbonyl (C=O) groups is 2. The van der Waals surface area contributed by atoms with E-state index in [4.69, 9.17) is 9.47 Å². The number of ether oxygens (including phenoxy) is 2. The van der Waals surface area contributed by atoms with E-state index in [1.54, 1.807) is 6.08 Å². The van der Waals surface area contributed by atoms with Gasteiger partial charge >= 0.3 is 0 Å². The summed E-state index contributed by atoms with van der Waals surface area (Å²) in [5, 5.41) is 1.92. The van der Waals surface area contributed by atoms with Crippen LogP contribution in [-0.2, 0) is 4.79 Å². The largest absolute Gasteiger partial charge is 0.490 e. The van der Waals surface area contributed by atoms with Crippen LogP contribution in [0.25, 0.3) is 6.08 Å². The predicted molar refractivity (Wildman–Crippen MR) is 103 cm³/mol. The van der Waals surface area contributed by atoms with Gasteiger partial charge in [0.05, 0.1) is 18.1 Å². The lowest BCUT2D eigenvalue weighted by atomic mass is 9.76. The lowest BCUT2D eigenvalue weighted by Crippen LogP contribution is -2.27. The van der Waals surface area contributed by atoms with E-state index >= 15 is 0 Å². The highest BCUT2D eigenvalue weighted by molar-refractivity contribution is 8.18. The standard InChI is InChI=1S/C20H25NO4S/c1-3-24-16-11-14(12-17-18(22)21-19(23)26-17)7-8-15(16)25-13-20(2)9-5-4-6-10-20/h7-8,11-12H,3-6,9-10,13H2,1-2H3,(H,21,22,23)/b17-12-. The predicted octanol–water partition coefficient (Wildman–Crippen LogP) is 4.76. The summed E-state index contributed by atoms with van der Waals surface area (Å²) in [4.78, 5) is 23.4. The van der Waals surface area contributed by atoms with Gasteiger partial charge in [0.25, 0.3) is 11.1 Å². The molecule has 1 aliphatic heterocycles. The van der Waals surface area contributed by atoms with Crippen LogP contribution in [0.15, 0.2) is 23.1 Å². The van der Waals surface area contributed by atoms with E-state index in [1.807, 2.05) is 25.1 Å². The first-order valence-electron chi connectivity index (χ1n) is 9.14. The molecule has 0 radical (unpaired) electrons. The van der Waals surface area contributed by atoms with E-state index in [2.05, 4.69) is 12.2 Å². The molecule has 140 valence electrons. The first kappa shape index (κ1) is 18.8. The molecule has 2 aliphatic rings. The average molecular weight is 375 g/mol. The van der Waals surface area contributed by atoms with Crippen LogP contribution >= 0.6 is 11.8 Å². The average Bonchev–Trinajstić information content (AvgIpc) is 2.92. The number of hydrogen-bond donors (Lipinski definition) is 1. The summed E-state index contributed by atoms with van der Waals surface area (Å²) in [5.74, 6) is 1.03. The van der Waals surface area contributed by atoms with Gasteiger partial charge in [0.15, 0.2) is 11.5 Å². The molecule has 3 rings (SSSR count). The number of carbonyl (C=O) groups excluding carboxylic acids is 2. The molecule has 5 nitrogen and oxygen atoms in total. The summed E-state index contributed by atoms with van der Waals surface area (Å²) < 4.78 is 11.8. The molecular formula is C20H25NO4S. The van der Waals surface area contributed by atoms with Crippen molar-refractivity contribution >= 4 is 29.0 Å². The first-order valence-corrected chi connectivity index (χ1v) is 9.95. The van der Waals surface area contributed by atoms with Crippen molar-refractivity contribution in [3.05, 3.63) is 28.7 Å². The molecule has 1 saturated carbocycles. The Hall–Kier alpha value is -1.95. The summed E-state index contributed by atoms with van der Waals surface area (Å²) in [7, 11) is 0. The maximum atomic E-state index is 11.7. The third-order valence-corrected chi connectivity index (χ3v) is 5.65. The molecular weight excluding hydrogens is 350 g/mol. The van der Waals surface area contributed by atoms with E-state index < -0.39 is 0 Å². The maximum absolute atomic E-state index is 11.7. The number of imide groups is 1. The van der Waals surface area contributed by atoms with Crippen LogP contribution in [0.2, 0.25) is 0 Å². The minimum Gasteiger partial charge on any atom is -0.490 e. The Morgan fingerprint density at radius 1 is 1.15 bits per heavy atom. The van der Waals surface area contributed by atoms with Crippen molar-refractivity contribution in [1.29, 1.82) is 0 Å². The second kappa shape index (κ2) is 8.16. The highest BCUT2D eigenvalue weighted by Crippen LogP contribution is 2.38. The Kier molecular flexibility index (Phi) is 5.91. The van der Waals surface area contributed by atoms with Gasteiger partial charge in [0.2, 0.25) is 0 Å². The zero-order valence-corrected chi connectivity index (χ0v) is 16.1. The first-order chi connectivity index (χ1) is 12.5. The number of nitrogens with one attached hydrogen (secondary N) is 1. The van der Waals surface area contributed by atoms with E-state index in [-0.39, 0.29) is 16.6 Å². The van der Waals surface area contributed by atoms with Gasteiger partial charge in [0.1, 0.15) is 0 Å². The second-order valence-corrected chi connectivity index (χ2v) is 8.17. The number of benzene rings is 1. The Morgan fingerprint density at radius 2 is 1.92 bits per heavy atom. The van der Waals surface area contributed by atoms with Crippen LogP contribution in [0.4, 0.5) is 4.79 Å². The zero-order chi connectivity index (χ0) is 18.6. The molecule has 0 spiro atoms. The van der Waals surface area contributed by atoms with Crippen molar-refractivity contribution in [3.8, 4) is 11.5 Å². The molecule has 0 aromatic heterocycles. The number of rotatable bonds is 6. The maximum Gasteiger partial charge on any atom is 0.290 e. The normalized spacial score (nSPS) is 20.9.